The lowest BCUT2D eigenvalue weighted by Crippen LogP contribution is -2.09. The lowest BCUT2D eigenvalue weighted by atomic mass is 10.1. The van der Waals surface area contributed by atoms with E-state index in [0.29, 0.717) is 12.1 Å². The van der Waals surface area contributed by atoms with E-state index in [0.717, 1.165) is 10.9 Å². The zero-order valence-corrected chi connectivity index (χ0v) is 10.8. The summed E-state index contributed by atoms with van der Waals surface area (Å²) in [6, 6.07) is 5.30. The summed E-state index contributed by atoms with van der Waals surface area (Å²) in [5.41, 5.74) is 1.27. The van der Waals surface area contributed by atoms with Gasteiger partial charge in [0.15, 0.2) is 0 Å². The fraction of sp³-hybridized carbons (Fsp3) is 0.308. The summed E-state index contributed by atoms with van der Waals surface area (Å²) in [6.45, 7) is 2.04. The van der Waals surface area contributed by atoms with Gasteiger partial charge in [0.2, 0.25) is 0 Å². The number of carbonyl (C=O) groups excluding carboxylic acids is 2. The van der Waals surface area contributed by atoms with Crippen LogP contribution in [0.5, 0.6) is 0 Å². The van der Waals surface area contributed by atoms with Gasteiger partial charge in [-0.2, -0.15) is 5.10 Å². The van der Waals surface area contributed by atoms with Crippen LogP contribution in [0.25, 0.3) is 10.9 Å². The van der Waals surface area contributed by atoms with Crippen molar-refractivity contribution in [2.24, 2.45) is 0 Å². The van der Waals surface area contributed by atoms with E-state index in [2.05, 4.69) is 5.10 Å². The number of nitrogens with zero attached hydrogens (tertiary/aromatic N) is 2. The topological polar surface area (TPSA) is 70.4 Å². The number of methoxy groups -OCH3 is 1. The lowest BCUT2D eigenvalue weighted by Gasteiger charge is -2.05. The van der Waals surface area contributed by atoms with Crippen LogP contribution in [0.3, 0.4) is 0 Å². The third kappa shape index (κ3) is 2.73. The van der Waals surface area contributed by atoms with Gasteiger partial charge in [0.05, 0.1) is 30.9 Å². The molecule has 0 aliphatic rings. The van der Waals surface area contributed by atoms with E-state index >= 15 is 0 Å². The van der Waals surface area contributed by atoms with Crippen molar-refractivity contribution in [2.75, 3.05) is 13.7 Å². The van der Waals surface area contributed by atoms with Crippen LogP contribution in [0.2, 0.25) is 0 Å². The number of hydrogen-bond acceptors (Lipinski definition) is 5. The smallest absolute Gasteiger partial charge is 0.338 e. The van der Waals surface area contributed by atoms with Gasteiger partial charge in [-0.3, -0.25) is 9.48 Å². The van der Waals surface area contributed by atoms with Gasteiger partial charge < -0.3 is 9.47 Å². The van der Waals surface area contributed by atoms with Crippen LogP contribution in [0.4, 0.5) is 0 Å². The van der Waals surface area contributed by atoms with Crippen LogP contribution in [0.1, 0.15) is 17.3 Å². The van der Waals surface area contributed by atoms with Crippen LogP contribution in [-0.4, -0.2) is 35.4 Å². The van der Waals surface area contributed by atoms with Crippen molar-refractivity contribution in [1.82, 2.24) is 9.78 Å². The van der Waals surface area contributed by atoms with Gasteiger partial charge in [-0.15, -0.1) is 0 Å². The molecule has 100 valence electrons. The zero-order valence-electron chi connectivity index (χ0n) is 10.8. The van der Waals surface area contributed by atoms with Gasteiger partial charge in [-0.1, -0.05) is 6.07 Å². The molecule has 0 radical (unpaired) electrons. The number of esters is 2. The van der Waals surface area contributed by atoms with Crippen molar-refractivity contribution in [1.29, 1.82) is 0 Å². The van der Waals surface area contributed by atoms with Gasteiger partial charge in [0.1, 0.15) is 6.61 Å². The summed E-state index contributed by atoms with van der Waals surface area (Å²) in [5.74, 6) is -0.725. The molecule has 0 fully saturated rings. The highest BCUT2D eigenvalue weighted by Crippen LogP contribution is 2.19. The fourth-order valence-electron chi connectivity index (χ4n) is 1.85. The summed E-state index contributed by atoms with van der Waals surface area (Å²) >= 11 is 0. The molecular weight excluding hydrogens is 248 g/mol. The van der Waals surface area contributed by atoms with Crippen LogP contribution < -0.4 is 0 Å². The molecule has 0 saturated carbocycles. The van der Waals surface area contributed by atoms with E-state index in [1.807, 2.05) is 6.07 Å². The Morgan fingerprint density at radius 3 is 2.84 bits per heavy atom. The van der Waals surface area contributed by atoms with Crippen LogP contribution in [-0.2, 0) is 20.8 Å². The van der Waals surface area contributed by atoms with Gasteiger partial charge in [0, 0.05) is 12.3 Å². The van der Waals surface area contributed by atoms with Crippen LogP contribution in [0.15, 0.2) is 24.4 Å². The maximum atomic E-state index is 11.6. The third-order valence-electron chi connectivity index (χ3n) is 2.70. The predicted octanol–water partition coefficient (Wildman–Crippen LogP) is 1.39. The molecule has 0 unspecified atom stereocenters. The van der Waals surface area contributed by atoms with Crippen molar-refractivity contribution in [2.45, 2.75) is 13.5 Å². The molecule has 0 aliphatic carbocycles. The Hall–Kier alpha value is -2.37. The number of fused-ring (bicyclic) bond motifs is 1. The molecule has 0 atom stereocenters. The van der Waals surface area contributed by atoms with Crippen molar-refractivity contribution < 1.29 is 19.1 Å². The minimum Gasteiger partial charge on any atom is -0.465 e. The van der Waals surface area contributed by atoms with E-state index in [4.69, 9.17) is 9.47 Å². The molecule has 0 N–H and O–H groups in total. The maximum Gasteiger partial charge on any atom is 0.338 e. The van der Waals surface area contributed by atoms with E-state index in [1.54, 1.807) is 23.0 Å². The minimum absolute atomic E-state index is 0.245. The summed E-state index contributed by atoms with van der Waals surface area (Å²) in [5, 5.41) is 4.91. The monoisotopic (exact) mass is 262 g/mol. The highest BCUT2D eigenvalue weighted by atomic mass is 16.5. The first-order chi connectivity index (χ1) is 9.13. The second-order valence-electron chi connectivity index (χ2n) is 3.94. The van der Waals surface area contributed by atoms with Crippen molar-refractivity contribution in [3.8, 4) is 0 Å². The fourth-order valence-corrected chi connectivity index (χ4v) is 1.85. The number of benzene rings is 1. The highest BCUT2D eigenvalue weighted by molar-refractivity contribution is 6.03. The number of rotatable bonds is 4. The van der Waals surface area contributed by atoms with Gasteiger partial charge in [0.25, 0.3) is 0 Å². The summed E-state index contributed by atoms with van der Waals surface area (Å²) in [4.78, 5) is 22.3. The second kappa shape index (κ2) is 5.51. The van der Waals surface area contributed by atoms with E-state index < -0.39 is 5.97 Å². The average Bonchev–Trinajstić information content (AvgIpc) is 2.81. The van der Waals surface area contributed by atoms with Crippen LogP contribution in [0, 0.1) is 0 Å². The number of carbonyl (C=O) groups is 2. The van der Waals surface area contributed by atoms with E-state index in [9.17, 15) is 9.59 Å². The first-order valence-electron chi connectivity index (χ1n) is 5.79. The second-order valence-corrected chi connectivity index (χ2v) is 3.94. The average molecular weight is 262 g/mol. The maximum absolute atomic E-state index is 11.6. The largest absolute Gasteiger partial charge is 0.465 e. The molecule has 6 heteroatoms. The molecule has 0 saturated heterocycles. The standard InChI is InChI=1S/C13H14N2O4/c1-9(16)19-7-6-15-12-5-3-4-10(13(17)18-2)11(12)8-14-15/h3-5,8H,6-7H2,1-2H3. The van der Waals surface area contributed by atoms with Crippen LogP contribution >= 0.6 is 0 Å². The highest BCUT2D eigenvalue weighted by Gasteiger charge is 2.13. The number of aromatic nitrogens is 2. The molecule has 0 bridgehead atoms. The quantitative estimate of drug-likeness (QED) is 0.779. The molecule has 2 aromatic rings. The van der Waals surface area contributed by atoms with Gasteiger partial charge in [-0.05, 0) is 12.1 Å². The third-order valence-corrected chi connectivity index (χ3v) is 2.70. The molecule has 6 nitrogen and oxygen atoms in total. The summed E-state index contributed by atoms with van der Waals surface area (Å²) in [6.07, 6.45) is 1.61. The van der Waals surface area contributed by atoms with Crippen molar-refractivity contribution in [3.05, 3.63) is 30.0 Å². The molecule has 1 aromatic heterocycles. The molecule has 0 amide bonds. The summed E-state index contributed by atoms with van der Waals surface area (Å²) in [7, 11) is 1.34. The Morgan fingerprint density at radius 1 is 1.37 bits per heavy atom. The Bertz CT molecular complexity index is 618. The lowest BCUT2D eigenvalue weighted by molar-refractivity contribution is -0.141. The molecule has 0 aliphatic heterocycles. The molecule has 19 heavy (non-hydrogen) atoms. The SMILES string of the molecule is COC(=O)c1cccc2c1cnn2CCOC(C)=O. The molecule has 0 spiro atoms. The molecular formula is C13H14N2O4. The normalized spacial score (nSPS) is 10.4. The number of ether oxygens (including phenoxy) is 2. The zero-order chi connectivity index (χ0) is 13.8. The first-order valence-corrected chi connectivity index (χ1v) is 5.79. The Morgan fingerprint density at radius 2 is 2.16 bits per heavy atom. The Balaban J connectivity index is 2.28. The first kappa shape index (κ1) is 13.1. The number of hydrogen-bond donors (Lipinski definition) is 0. The minimum atomic E-state index is -0.398. The summed E-state index contributed by atoms with van der Waals surface area (Å²) < 4.78 is 11.3. The van der Waals surface area contributed by atoms with Gasteiger partial charge >= 0.3 is 11.9 Å². The molecule has 2 rings (SSSR count). The van der Waals surface area contributed by atoms with E-state index in [1.165, 1.54) is 14.0 Å². The van der Waals surface area contributed by atoms with E-state index in [-0.39, 0.29) is 12.6 Å². The van der Waals surface area contributed by atoms with Crippen molar-refractivity contribution in [3.63, 3.8) is 0 Å². The van der Waals surface area contributed by atoms with Gasteiger partial charge in [-0.25, -0.2) is 4.79 Å². The molecule has 1 heterocycles. The molecule has 1 aromatic carbocycles. The Labute approximate surface area is 109 Å². The Kier molecular flexibility index (Phi) is 3.79. The predicted molar refractivity (Wildman–Crippen MR) is 67.7 cm³/mol. The van der Waals surface area contributed by atoms with Crippen molar-refractivity contribution >= 4 is 22.8 Å².